The molecule has 142 valence electrons. The van der Waals surface area contributed by atoms with E-state index < -0.39 is 31.8 Å². The van der Waals surface area contributed by atoms with Crippen molar-refractivity contribution >= 4 is 19.8 Å². The minimum atomic E-state index is -4.50. The molecule has 0 aliphatic rings. The van der Waals surface area contributed by atoms with Crippen LogP contribution in [0.25, 0.3) is 0 Å². The van der Waals surface area contributed by atoms with E-state index in [2.05, 4.69) is 4.52 Å². The molecule has 25 heavy (non-hydrogen) atoms. The summed E-state index contributed by atoms with van der Waals surface area (Å²) in [5.74, 6) is -2.09. The van der Waals surface area contributed by atoms with Crippen molar-refractivity contribution < 1.29 is 43.8 Å². The highest BCUT2D eigenvalue weighted by Gasteiger charge is 2.16. The number of hydrogen-bond acceptors (Lipinski definition) is 7. The first kappa shape index (κ1) is 23.0. The third-order valence-corrected chi connectivity index (χ3v) is 3.23. The zero-order chi connectivity index (χ0) is 19.6. The Morgan fingerprint density at radius 1 is 1.04 bits per heavy atom. The minimum absolute atomic E-state index is 0.138. The summed E-state index contributed by atoms with van der Waals surface area (Å²) in [6, 6.07) is 4.27. The quantitative estimate of drug-likeness (QED) is 0.278. The van der Waals surface area contributed by atoms with Gasteiger partial charge in [0.05, 0.1) is 6.61 Å². The molecular formula is C13H21N2O9P. The number of carbonyl (C=O) groups is 2. The van der Waals surface area contributed by atoms with E-state index in [4.69, 9.17) is 36.6 Å². The van der Waals surface area contributed by atoms with Crippen LogP contribution in [0.3, 0.4) is 0 Å². The first-order chi connectivity index (χ1) is 11.4. The van der Waals surface area contributed by atoms with E-state index in [1.165, 1.54) is 12.1 Å². The van der Waals surface area contributed by atoms with Gasteiger partial charge in [-0.15, -0.1) is 0 Å². The Morgan fingerprint density at radius 3 is 1.92 bits per heavy atom. The van der Waals surface area contributed by atoms with E-state index in [9.17, 15) is 14.2 Å². The van der Waals surface area contributed by atoms with Crippen LogP contribution in [0.4, 0.5) is 0 Å². The fraction of sp³-hybridized carbons (Fsp3) is 0.385. The highest BCUT2D eigenvalue weighted by molar-refractivity contribution is 7.46. The second-order valence-corrected chi connectivity index (χ2v) is 6.11. The Hall–Kier alpha value is -2.01. The van der Waals surface area contributed by atoms with Gasteiger partial charge >= 0.3 is 19.8 Å². The Kier molecular flexibility index (Phi) is 9.91. The molecule has 0 aromatic heterocycles. The molecule has 2 atom stereocenters. The fourth-order valence-electron chi connectivity index (χ4n) is 1.40. The highest BCUT2D eigenvalue weighted by atomic mass is 31.2. The number of carboxylic acid groups (broad SMARTS) is 2. The maximum Gasteiger partial charge on any atom is 0.469 e. The third-order valence-electron chi connectivity index (χ3n) is 2.71. The number of rotatable bonds is 8. The second kappa shape index (κ2) is 10.8. The summed E-state index contributed by atoms with van der Waals surface area (Å²) in [5, 5.41) is 25.7. The highest BCUT2D eigenvalue weighted by Crippen LogP contribution is 2.35. The molecule has 1 rings (SSSR count). The summed E-state index contributed by atoms with van der Waals surface area (Å²) in [6.45, 7) is -0.377. The second-order valence-electron chi connectivity index (χ2n) is 4.87. The normalized spacial score (nSPS) is 13.3. The molecule has 9 N–H and O–H groups in total. The van der Waals surface area contributed by atoms with Crippen LogP contribution in [-0.2, 0) is 25.1 Å². The van der Waals surface area contributed by atoms with Gasteiger partial charge in [-0.25, -0.2) is 4.57 Å². The maximum absolute atomic E-state index is 10.4. The van der Waals surface area contributed by atoms with Gasteiger partial charge in [-0.3, -0.25) is 14.1 Å². The number of aromatic hydroxyl groups is 1. The number of phosphoric ester groups is 1. The van der Waals surface area contributed by atoms with Crippen molar-refractivity contribution in [3.8, 4) is 5.75 Å². The summed E-state index contributed by atoms with van der Waals surface area (Å²) >= 11 is 0. The van der Waals surface area contributed by atoms with Gasteiger partial charge in [0.25, 0.3) is 0 Å². The summed E-state index contributed by atoms with van der Waals surface area (Å²) in [5.41, 5.74) is 11.1. The Labute approximate surface area is 143 Å². The van der Waals surface area contributed by atoms with Gasteiger partial charge in [0, 0.05) is 0 Å². The van der Waals surface area contributed by atoms with Gasteiger partial charge in [0.1, 0.15) is 17.8 Å². The van der Waals surface area contributed by atoms with E-state index in [1.807, 2.05) is 0 Å². The molecule has 1 aromatic carbocycles. The van der Waals surface area contributed by atoms with Gasteiger partial charge < -0.3 is 36.6 Å². The minimum Gasteiger partial charge on any atom is -0.508 e. The number of nitrogens with two attached hydrogens (primary N) is 2. The molecule has 11 nitrogen and oxygen atoms in total. The number of carboxylic acids is 2. The Balaban J connectivity index is 0.000000463. The van der Waals surface area contributed by atoms with Gasteiger partial charge in [0.2, 0.25) is 0 Å². The fourth-order valence-corrected chi connectivity index (χ4v) is 1.74. The van der Waals surface area contributed by atoms with E-state index >= 15 is 0 Å². The van der Waals surface area contributed by atoms with E-state index in [-0.39, 0.29) is 25.2 Å². The van der Waals surface area contributed by atoms with Crippen LogP contribution < -0.4 is 11.5 Å². The molecule has 0 unspecified atom stereocenters. The van der Waals surface area contributed by atoms with Crippen LogP contribution >= 0.6 is 7.82 Å². The number of benzene rings is 1. The van der Waals surface area contributed by atoms with E-state index in [0.29, 0.717) is 0 Å². The molecular weight excluding hydrogens is 359 g/mol. The predicted octanol–water partition coefficient (Wildman–Crippen LogP) is -0.756. The smallest absolute Gasteiger partial charge is 0.469 e. The third kappa shape index (κ3) is 12.1. The Bertz CT molecular complexity index is 602. The zero-order valence-corrected chi connectivity index (χ0v) is 14.0. The van der Waals surface area contributed by atoms with Gasteiger partial charge in [-0.2, -0.15) is 0 Å². The molecule has 0 saturated carbocycles. The van der Waals surface area contributed by atoms with Crippen LogP contribution in [0, 0.1) is 0 Å². The SMILES string of the molecule is N[C@@H](CCOP(=O)(O)O)C(=O)O.N[C@@H](Cc1ccc(O)cc1)C(=O)O. The van der Waals surface area contributed by atoms with Crippen LogP contribution in [0.5, 0.6) is 5.75 Å². The number of hydrogen-bond donors (Lipinski definition) is 7. The molecule has 1 aromatic rings. The number of phosphoric acid groups is 1. The van der Waals surface area contributed by atoms with Crippen molar-refractivity contribution in [1.29, 1.82) is 0 Å². The van der Waals surface area contributed by atoms with Crippen LogP contribution in [0.2, 0.25) is 0 Å². The zero-order valence-electron chi connectivity index (χ0n) is 13.1. The van der Waals surface area contributed by atoms with E-state index in [0.717, 1.165) is 5.56 Å². The van der Waals surface area contributed by atoms with Crippen LogP contribution in [0.1, 0.15) is 12.0 Å². The topological polar surface area (TPSA) is 214 Å². The lowest BCUT2D eigenvalue weighted by Gasteiger charge is -2.07. The molecule has 0 radical (unpaired) electrons. The molecule has 0 aliphatic heterocycles. The molecule has 0 fully saturated rings. The number of phenols is 1. The molecule has 0 saturated heterocycles. The van der Waals surface area contributed by atoms with Crippen LogP contribution in [-0.4, -0.2) is 55.7 Å². The largest absolute Gasteiger partial charge is 0.508 e. The molecule has 0 aliphatic carbocycles. The molecule has 0 bridgehead atoms. The lowest BCUT2D eigenvalue weighted by molar-refractivity contribution is -0.139. The van der Waals surface area contributed by atoms with Crippen molar-refractivity contribution in [1.82, 2.24) is 0 Å². The summed E-state index contributed by atoms with van der Waals surface area (Å²) in [4.78, 5) is 36.8. The van der Waals surface area contributed by atoms with Crippen molar-refractivity contribution in [2.24, 2.45) is 11.5 Å². The average Bonchev–Trinajstić information content (AvgIpc) is 2.48. The monoisotopic (exact) mass is 380 g/mol. The van der Waals surface area contributed by atoms with Gasteiger partial charge in [0.15, 0.2) is 0 Å². The summed E-state index contributed by atoms with van der Waals surface area (Å²) < 4.78 is 14.0. The molecule has 0 heterocycles. The van der Waals surface area contributed by atoms with Crippen molar-refractivity contribution in [3.63, 3.8) is 0 Å². The Morgan fingerprint density at radius 2 is 1.52 bits per heavy atom. The first-order valence-corrected chi connectivity index (χ1v) is 8.40. The standard InChI is InChI=1S/C9H11NO3.C4H10NO6P/c10-8(9(12)13)5-6-1-3-7(11)4-2-6;5-3(4(6)7)1-2-11-12(8,9)10/h1-4,8,11H,5,10H2,(H,12,13);3H,1-2,5H2,(H,6,7)(H2,8,9,10)/t8-;3-/m00/s1. The molecule has 0 spiro atoms. The van der Waals surface area contributed by atoms with Crippen molar-refractivity contribution in [2.75, 3.05) is 6.61 Å². The summed E-state index contributed by atoms with van der Waals surface area (Å²) in [6.07, 6.45) is 0.135. The van der Waals surface area contributed by atoms with Crippen molar-refractivity contribution in [3.05, 3.63) is 29.8 Å². The lowest BCUT2D eigenvalue weighted by Crippen LogP contribution is -2.32. The maximum atomic E-state index is 10.4. The molecule has 0 amide bonds. The number of phenolic OH excluding ortho intramolecular Hbond substituents is 1. The first-order valence-electron chi connectivity index (χ1n) is 6.87. The van der Waals surface area contributed by atoms with Crippen molar-refractivity contribution in [2.45, 2.75) is 24.9 Å². The summed E-state index contributed by atoms with van der Waals surface area (Å²) in [7, 11) is -4.50. The van der Waals surface area contributed by atoms with Gasteiger partial charge in [-0.05, 0) is 30.5 Å². The average molecular weight is 380 g/mol. The predicted molar refractivity (Wildman–Crippen MR) is 85.6 cm³/mol. The van der Waals surface area contributed by atoms with Crippen LogP contribution in [0.15, 0.2) is 24.3 Å². The number of aliphatic carboxylic acids is 2. The van der Waals surface area contributed by atoms with E-state index in [1.54, 1.807) is 12.1 Å². The lowest BCUT2D eigenvalue weighted by atomic mass is 10.1. The molecule has 12 heteroatoms. The van der Waals surface area contributed by atoms with Gasteiger partial charge in [-0.1, -0.05) is 12.1 Å².